The second-order valence-electron chi connectivity index (χ2n) is 6.01. The predicted octanol–water partition coefficient (Wildman–Crippen LogP) is 4.25. The Hall–Kier alpha value is -2.66. The molecular formula is C21H21N3OS. The molecule has 0 saturated carbocycles. The average molecular weight is 363 g/mol. The van der Waals surface area contributed by atoms with Crippen LogP contribution in [0.3, 0.4) is 0 Å². The monoisotopic (exact) mass is 363 g/mol. The van der Waals surface area contributed by atoms with Crippen LogP contribution in [-0.2, 0) is 11.3 Å². The molecule has 3 rings (SSSR count). The van der Waals surface area contributed by atoms with Crippen LogP contribution in [0.25, 0.3) is 11.3 Å². The first-order chi connectivity index (χ1) is 12.6. The first kappa shape index (κ1) is 18.1. The van der Waals surface area contributed by atoms with Crippen molar-refractivity contribution in [2.45, 2.75) is 30.8 Å². The maximum absolute atomic E-state index is 12.4. The Labute approximate surface area is 158 Å². The summed E-state index contributed by atoms with van der Waals surface area (Å²) in [4.78, 5) is 21.5. The topological polar surface area (TPSA) is 54.9 Å². The molecule has 1 aromatic heterocycles. The second kappa shape index (κ2) is 8.63. The van der Waals surface area contributed by atoms with Crippen molar-refractivity contribution in [1.82, 2.24) is 15.3 Å². The first-order valence-electron chi connectivity index (χ1n) is 8.51. The Morgan fingerprint density at radius 1 is 1.04 bits per heavy atom. The van der Waals surface area contributed by atoms with Gasteiger partial charge in [-0.15, -0.1) is 0 Å². The van der Waals surface area contributed by atoms with Crippen LogP contribution in [0.2, 0.25) is 0 Å². The van der Waals surface area contributed by atoms with Crippen molar-refractivity contribution >= 4 is 17.7 Å². The lowest BCUT2D eigenvalue weighted by Gasteiger charge is -2.12. The number of rotatable bonds is 6. The van der Waals surface area contributed by atoms with Crippen molar-refractivity contribution in [3.05, 3.63) is 78.0 Å². The van der Waals surface area contributed by atoms with Crippen LogP contribution in [0.5, 0.6) is 0 Å². The fourth-order valence-electron chi connectivity index (χ4n) is 2.49. The zero-order valence-electron chi connectivity index (χ0n) is 14.8. The highest BCUT2D eigenvalue weighted by molar-refractivity contribution is 8.00. The number of benzene rings is 2. The van der Waals surface area contributed by atoms with Crippen molar-refractivity contribution in [2.75, 3.05) is 0 Å². The number of aryl methyl sites for hydroxylation is 1. The lowest BCUT2D eigenvalue weighted by molar-refractivity contribution is -0.120. The van der Waals surface area contributed by atoms with Crippen LogP contribution in [0.4, 0.5) is 0 Å². The van der Waals surface area contributed by atoms with E-state index in [-0.39, 0.29) is 11.2 Å². The third-order valence-corrected chi connectivity index (χ3v) is 4.83. The summed E-state index contributed by atoms with van der Waals surface area (Å²) in [6.07, 6.45) is 0. The largest absolute Gasteiger partial charge is 0.351 e. The number of thioether (sulfide) groups is 1. The molecule has 0 radical (unpaired) electrons. The highest BCUT2D eigenvalue weighted by atomic mass is 32.2. The van der Waals surface area contributed by atoms with Gasteiger partial charge in [-0.1, -0.05) is 72.4 Å². The number of hydrogen-bond donors (Lipinski definition) is 1. The minimum atomic E-state index is -0.274. The molecule has 0 saturated heterocycles. The number of amides is 1. The molecule has 1 heterocycles. The molecule has 2 aromatic carbocycles. The second-order valence-corrected chi connectivity index (χ2v) is 7.31. The van der Waals surface area contributed by atoms with E-state index in [4.69, 9.17) is 0 Å². The summed E-state index contributed by atoms with van der Waals surface area (Å²) in [6, 6.07) is 21.8. The quantitative estimate of drug-likeness (QED) is 0.525. The Morgan fingerprint density at radius 3 is 2.38 bits per heavy atom. The summed E-state index contributed by atoms with van der Waals surface area (Å²) in [5.41, 5.74) is 3.88. The van der Waals surface area contributed by atoms with Crippen molar-refractivity contribution in [2.24, 2.45) is 0 Å². The normalized spacial score (nSPS) is 11.8. The smallest absolute Gasteiger partial charge is 0.233 e. The number of carbonyl (C=O) groups excluding carboxylic acids is 1. The molecule has 4 nitrogen and oxygen atoms in total. The summed E-state index contributed by atoms with van der Waals surface area (Å²) in [5, 5.41) is 3.31. The van der Waals surface area contributed by atoms with E-state index in [2.05, 4.69) is 15.3 Å². The number of nitrogens with one attached hydrogen (secondary N) is 1. The van der Waals surface area contributed by atoms with Crippen LogP contribution in [0.15, 0.2) is 71.9 Å². The van der Waals surface area contributed by atoms with Gasteiger partial charge in [0.2, 0.25) is 5.91 Å². The molecule has 0 aliphatic heterocycles. The lowest BCUT2D eigenvalue weighted by atomic mass is 10.1. The molecule has 5 heteroatoms. The Morgan fingerprint density at radius 2 is 1.69 bits per heavy atom. The van der Waals surface area contributed by atoms with Gasteiger partial charge in [0.25, 0.3) is 0 Å². The highest BCUT2D eigenvalue weighted by Crippen LogP contribution is 2.24. The highest BCUT2D eigenvalue weighted by Gasteiger charge is 2.16. The van der Waals surface area contributed by atoms with E-state index in [0.717, 1.165) is 22.5 Å². The van der Waals surface area contributed by atoms with Crippen LogP contribution < -0.4 is 5.32 Å². The number of carbonyl (C=O) groups is 1. The zero-order valence-corrected chi connectivity index (χ0v) is 15.7. The van der Waals surface area contributed by atoms with Gasteiger partial charge in [-0.3, -0.25) is 4.79 Å². The van der Waals surface area contributed by atoms with Gasteiger partial charge >= 0.3 is 0 Å². The lowest BCUT2D eigenvalue weighted by Crippen LogP contribution is -2.30. The molecule has 0 fully saturated rings. The molecule has 1 amide bonds. The molecule has 0 aliphatic rings. The first-order valence-corrected chi connectivity index (χ1v) is 9.39. The van der Waals surface area contributed by atoms with Crippen LogP contribution in [0, 0.1) is 6.92 Å². The standard InChI is InChI=1S/C21H21N3OS/c1-15-13-19(18-11-7-4-8-12-18)24-21(23-15)26-16(2)20(25)22-14-17-9-5-3-6-10-17/h3-13,16H,14H2,1-2H3,(H,22,25)/t16-/m1/s1. The zero-order chi connectivity index (χ0) is 18.4. The van der Waals surface area contributed by atoms with Gasteiger partial charge in [0, 0.05) is 17.8 Å². The summed E-state index contributed by atoms with van der Waals surface area (Å²) < 4.78 is 0. The molecule has 132 valence electrons. The molecule has 0 aliphatic carbocycles. The molecule has 0 unspecified atom stereocenters. The maximum atomic E-state index is 12.4. The summed E-state index contributed by atoms with van der Waals surface area (Å²) in [6.45, 7) is 4.34. The van der Waals surface area contributed by atoms with Crippen LogP contribution in [0.1, 0.15) is 18.2 Å². The fraction of sp³-hybridized carbons (Fsp3) is 0.190. The Kier molecular flexibility index (Phi) is 6.02. The third-order valence-electron chi connectivity index (χ3n) is 3.86. The Bertz CT molecular complexity index is 869. The van der Waals surface area contributed by atoms with E-state index in [1.165, 1.54) is 11.8 Å². The van der Waals surface area contributed by atoms with E-state index in [1.807, 2.05) is 80.6 Å². The van der Waals surface area contributed by atoms with E-state index >= 15 is 0 Å². The summed E-state index contributed by atoms with van der Waals surface area (Å²) in [5.74, 6) is -0.0229. The van der Waals surface area contributed by atoms with Gasteiger partial charge in [0.15, 0.2) is 5.16 Å². The Balaban J connectivity index is 1.66. The van der Waals surface area contributed by atoms with E-state index in [0.29, 0.717) is 11.7 Å². The molecule has 3 aromatic rings. The van der Waals surface area contributed by atoms with Gasteiger partial charge in [-0.2, -0.15) is 0 Å². The van der Waals surface area contributed by atoms with Gasteiger partial charge in [0.05, 0.1) is 10.9 Å². The minimum absolute atomic E-state index is 0.0229. The molecular weight excluding hydrogens is 342 g/mol. The van der Waals surface area contributed by atoms with Crippen LogP contribution >= 0.6 is 11.8 Å². The van der Waals surface area contributed by atoms with E-state index in [9.17, 15) is 4.79 Å². The van der Waals surface area contributed by atoms with E-state index < -0.39 is 0 Å². The van der Waals surface area contributed by atoms with Crippen molar-refractivity contribution in [3.63, 3.8) is 0 Å². The maximum Gasteiger partial charge on any atom is 0.233 e. The average Bonchev–Trinajstić information content (AvgIpc) is 2.67. The SMILES string of the molecule is Cc1cc(-c2ccccc2)nc(S[C@H](C)C(=O)NCc2ccccc2)n1. The molecule has 26 heavy (non-hydrogen) atoms. The minimum Gasteiger partial charge on any atom is -0.351 e. The summed E-state index contributed by atoms with van der Waals surface area (Å²) >= 11 is 1.38. The molecule has 1 atom stereocenters. The van der Waals surface area contributed by atoms with Gasteiger partial charge in [-0.25, -0.2) is 9.97 Å². The van der Waals surface area contributed by atoms with Gasteiger partial charge in [0.1, 0.15) is 0 Å². The number of nitrogens with zero attached hydrogens (tertiary/aromatic N) is 2. The van der Waals surface area contributed by atoms with E-state index in [1.54, 1.807) is 0 Å². The van der Waals surface area contributed by atoms with Crippen molar-refractivity contribution < 1.29 is 4.79 Å². The summed E-state index contributed by atoms with van der Waals surface area (Å²) in [7, 11) is 0. The fourth-order valence-corrected chi connectivity index (χ4v) is 3.35. The number of aromatic nitrogens is 2. The van der Waals surface area contributed by atoms with Crippen molar-refractivity contribution in [3.8, 4) is 11.3 Å². The van der Waals surface area contributed by atoms with Gasteiger partial charge < -0.3 is 5.32 Å². The molecule has 0 bridgehead atoms. The van der Waals surface area contributed by atoms with Crippen molar-refractivity contribution in [1.29, 1.82) is 0 Å². The molecule has 0 spiro atoms. The van der Waals surface area contributed by atoms with Crippen LogP contribution in [-0.4, -0.2) is 21.1 Å². The van der Waals surface area contributed by atoms with Gasteiger partial charge in [-0.05, 0) is 25.5 Å². The third kappa shape index (κ3) is 4.92. The molecule has 1 N–H and O–H groups in total. The predicted molar refractivity (Wildman–Crippen MR) is 106 cm³/mol. The number of hydrogen-bond acceptors (Lipinski definition) is 4.